The fourth-order valence-corrected chi connectivity index (χ4v) is 7.01. The number of aliphatic hydroxyl groups is 3. The van der Waals surface area contributed by atoms with Gasteiger partial charge >= 0.3 is 0 Å². The van der Waals surface area contributed by atoms with Crippen LogP contribution in [0.1, 0.15) is 38.5 Å². The molecule has 4 rings (SSSR count). The van der Waals surface area contributed by atoms with E-state index in [0.717, 1.165) is 19.3 Å². The van der Waals surface area contributed by atoms with Crippen LogP contribution in [0.15, 0.2) is 0 Å². The second-order valence-corrected chi connectivity index (χ2v) is 8.61. The highest BCUT2D eigenvalue weighted by molar-refractivity contribution is 14.1. The van der Waals surface area contributed by atoms with Gasteiger partial charge in [0.25, 0.3) is 0 Å². The van der Waals surface area contributed by atoms with Crippen LogP contribution in [0.3, 0.4) is 0 Å². The second-order valence-electron chi connectivity index (χ2n) is 6.32. The Morgan fingerprint density at radius 3 is 1.80 bits per heavy atom. The van der Waals surface area contributed by atoms with Crippen molar-refractivity contribution in [3.63, 3.8) is 0 Å². The van der Waals surface area contributed by atoms with Gasteiger partial charge in [0.15, 0.2) is 0 Å². The molecule has 2 atom stereocenters. The summed E-state index contributed by atoms with van der Waals surface area (Å²) >= 11 is 2.39. The summed E-state index contributed by atoms with van der Waals surface area (Å²) in [6.45, 7) is 0.0996. The summed E-state index contributed by atoms with van der Waals surface area (Å²) in [6.07, 6.45) is 4.36. The van der Waals surface area contributed by atoms with Gasteiger partial charge in [-0.3, -0.25) is 0 Å². The van der Waals surface area contributed by atoms with Crippen LogP contribution < -0.4 is 0 Å². The summed E-state index contributed by atoms with van der Waals surface area (Å²) in [5.41, 5.74) is -1.68. The largest absolute Gasteiger partial charge is 0.396 e. The summed E-state index contributed by atoms with van der Waals surface area (Å²) in [5, 5.41) is 30.5. The molecule has 4 fully saturated rings. The van der Waals surface area contributed by atoms with Crippen LogP contribution in [0.2, 0.25) is 0 Å². The van der Waals surface area contributed by atoms with Crippen molar-refractivity contribution in [2.45, 2.75) is 53.1 Å². The van der Waals surface area contributed by atoms with Gasteiger partial charge in [-0.25, -0.2) is 0 Å². The summed E-state index contributed by atoms with van der Waals surface area (Å²) < 4.78 is -0.00125. The zero-order valence-electron chi connectivity index (χ0n) is 8.67. The monoisotopic (exact) mass is 324 g/mol. The third-order valence-electron chi connectivity index (χ3n) is 4.39. The molecule has 2 unspecified atom stereocenters. The first-order valence-corrected chi connectivity index (χ1v) is 6.63. The van der Waals surface area contributed by atoms with Crippen molar-refractivity contribution in [3.8, 4) is 0 Å². The normalized spacial score (nSPS) is 62.4. The SMILES string of the molecule is OCC12CC3(O)CC(O)(CC(I)(C3)C1)C2. The highest BCUT2D eigenvalue weighted by Crippen LogP contribution is 2.66. The molecule has 4 bridgehead atoms. The van der Waals surface area contributed by atoms with E-state index >= 15 is 0 Å². The van der Waals surface area contributed by atoms with Crippen LogP contribution in [0.5, 0.6) is 0 Å². The minimum Gasteiger partial charge on any atom is -0.396 e. The standard InChI is InChI=1S/C11H17IO3/c12-9-1-8(7-13)2-10(14,4-9)6-11(15,3-8)5-9/h13-15H,1-7H2. The summed E-state index contributed by atoms with van der Waals surface area (Å²) in [7, 11) is 0. The molecular formula is C11H17IO3. The molecule has 4 aliphatic carbocycles. The van der Waals surface area contributed by atoms with E-state index in [1.54, 1.807) is 0 Å². The Kier molecular flexibility index (Phi) is 1.94. The third kappa shape index (κ3) is 1.48. The Bertz CT molecular complexity index is 263. The van der Waals surface area contributed by atoms with Gasteiger partial charge in [-0.15, -0.1) is 0 Å². The Labute approximate surface area is 103 Å². The van der Waals surface area contributed by atoms with Gasteiger partial charge < -0.3 is 15.3 Å². The van der Waals surface area contributed by atoms with Crippen LogP contribution in [-0.4, -0.2) is 36.6 Å². The molecule has 0 heterocycles. The molecule has 4 saturated carbocycles. The lowest BCUT2D eigenvalue weighted by atomic mass is 9.46. The van der Waals surface area contributed by atoms with E-state index in [1.165, 1.54) is 0 Å². The molecule has 15 heavy (non-hydrogen) atoms. The van der Waals surface area contributed by atoms with Crippen molar-refractivity contribution >= 4 is 22.6 Å². The van der Waals surface area contributed by atoms with Crippen molar-refractivity contribution in [2.75, 3.05) is 6.61 Å². The number of rotatable bonds is 1. The fourth-order valence-electron chi connectivity index (χ4n) is 4.78. The maximum absolute atomic E-state index is 10.5. The van der Waals surface area contributed by atoms with E-state index in [-0.39, 0.29) is 15.4 Å². The molecule has 0 aromatic rings. The van der Waals surface area contributed by atoms with Crippen LogP contribution in [-0.2, 0) is 0 Å². The van der Waals surface area contributed by atoms with Crippen LogP contribution in [0.4, 0.5) is 0 Å². The fraction of sp³-hybridized carbons (Fsp3) is 1.00. The zero-order valence-corrected chi connectivity index (χ0v) is 10.8. The molecule has 0 aliphatic heterocycles. The van der Waals surface area contributed by atoms with Gasteiger partial charge in [0.1, 0.15) is 0 Å². The minimum atomic E-state index is -0.729. The van der Waals surface area contributed by atoms with Gasteiger partial charge in [-0.1, -0.05) is 22.6 Å². The predicted molar refractivity (Wildman–Crippen MR) is 63.9 cm³/mol. The smallest absolute Gasteiger partial charge is 0.0694 e. The predicted octanol–water partition coefficient (Wildman–Crippen LogP) is 0.982. The quantitative estimate of drug-likeness (QED) is 0.498. The minimum absolute atomic E-state index is 0.00125. The molecule has 4 heteroatoms. The lowest BCUT2D eigenvalue weighted by molar-refractivity contribution is -0.225. The summed E-state index contributed by atoms with van der Waals surface area (Å²) in [5.74, 6) is 0. The first-order chi connectivity index (χ1) is 6.80. The van der Waals surface area contributed by atoms with Gasteiger partial charge in [-0.05, 0) is 32.1 Å². The summed E-state index contributed by atoms with van der Waals surface area (Å²) in [4.78, 5) is 0. The highest BCUT2D eigenvalue weighted by atomic mass is 127. The first kappa shape index (κ1) is 10.7. The number of aliphatic hydroxyl groups excluding tert-OH is 1. The number of hydrogen-bond acceptors (Lipinski definition) is 3. The molecule has 86 valence electrons. The van der Waals surface area contributed by atoms with Crippen LogP contribution >= 0.6 is 22.6 Å². The molecule has 3 nitrogen and oxygen atoms in total. The van der Waals surface area contributed by atoms with E-state index in [9.17, 15) is 15.3 Å². The van der Waals surface area contributed by atoms with E-state index in [1.807, 2.05) is 0 Å². The van der Waals surface area contributed by atoms with Crippen molar-refractivity contribution in [3.05, 3.63) is 0 Å². The molecule has 0 saturated heterocycles. The van der Waals surface area contributed by atoms with E-state index in [2.05, 4.69) is 22.6 Å². The first-order valence-electron chi connectivity index (χ1n) is 5.55. The van der Waals surface area contributed by atoms with Gasteiger partial charge in [-0.2, -0.15) is 0 Å². The van der Waals surface area contributed by atoms with Gasteiger partial charge in [0, 0.05) is 21.9 Å². The molecule has 0 aromatic heterocycles. The lowest BCUT2D eigenvalue weighted by Crippen LogP contribution is -2.68. The van der Waals surface area contributed by atoms with E-state index in [4.69, 9.17) is 0 Å². The molecule has 0 spiro atoms. The maximum atomic E-state index is 10.5. The zero-order chi connectivity index (χ0) is 10.9. The number of halogens is 1. The third-order valence-corrected chi connectivity index (χ3v) is 5.53. The van der Waals surface area contributed by atoms with Crippen molar-refractivity contribution in [2.24, 2.45) is 5.41 Å². The average molecular weight is 324 g/mol. The highest BCUT2D eigenvalue weighted by Gasteiger charge is 2.67. The van der Waals surface area contributed by atoms with E-state index in [0.29, 0.717) is 19.3 Å². The number of alkyl halides is 1. The van der Waals surface area contributed by atoms with Gasteiger partial charge in [0.05, 0.1) is 11.2 Å². The van der Waals surface area contributed by atoms with Crippen LogP contribution in [0, 0.1) is 5.41 Å². The average Bonchev–Trinajstić information content (AvgIpc) is 1.94. The van der Waals surface area contributed by atoms with Crippen molar-refractivity contribution in [1.82, 2.24) is 0 Å². The topological polar surface area (TPSA) is 60.7 Å². The van der Waals surface area contributed by atoms with Gasteiger partial charge in [0.2, 0.25) is 0 Å². The molecule has 4 aliphatic rings. The number of hydrogen-bond donors (Lipinski definition) is 3. The van der Waals surface area contributed by atoms with Crippen molar-refractivity contribution in [1.29, 1.82) is 0 Å². The van der Waals surface area contributed by atoms with Crippen molar-refractivity contribution < 1.29 is 15.3 Å². The second kappa shape index (κ2) is 2.71. The molecule has 3 N–H and O–H groups in total. The molecule has 0 radical (unpaired) electrons. The Morgan fingerprint density at radius 2 is 1.40 bits per heavy atom. The Balaban J connectivity index is 2.06. The summed E-state index contributed by atoms with van der Waals surface area (Å²) in [6, 6.07) is 0. The molecule has 0 aromatic carbocycles. The van der Waals surface area contributed by atoms with E-state index < -0.39 is 11.2 Å². The molecule has 0 amide bonds. The molecular weight excluding hydrogens is 307 g/mol. The lowest BCUT2D eigenvalue weighted by Gasteiger charge is -2.65. The maximum Gasteiger partial charge on any atom is 0.0694 e. The Hall–Kier alpha value is 0.610. The van der Waals surface area contributed by atoms with Crippen LogP contribution in [0.25, 0.3) is 0 Å². The Morgan fingerprint density at radius 1 is 0.867 bits per heavy atom.